The summed E-state index contributed by atoms with van der Waals surface area (Å²) in [7, 11) is 3.26. The third kappa shape index (κ3) is 7.09. The van der Waals surface area contributed by atoms with Gasteiger partial charge >= 0.3 is 0 Å². The number of ketones is 1. The summed E-state index contributed by atoms with van der Waals surface area (Å²) >= 11 is 0. The quantitative estimate of drug-likeness (QED) is 0.336. The molecule has 3 rings (SSSR count). The molecule has 4 heteroatoms. The van der Waals surface area contributed by atoms with Gasteiger partial charge < -0.3 is 9.47 Å². The highest BCUT2D eigenvalue weighted by Crippen LogP contribution is 2.39. The third-order valence-corrected chi connectivity index (χ3v) is 6.29. The van der Waals surface area contributed by atoms with Gasteiger partial charge in [-0.1, -0.05) is 50.3 Å². The molecule has 1 aromatic carbocycles. The molecule has 0 N–H and O–H groups in total. The van der Waals surface area contributed by atoms with Crippen molar-refractivity contribution < 1.29 is 14.3 Å². The molecule has 32 heavy (non-hydrogen) atoms. The van der Waals surface area contributed by atoms with Gasteiger partial charge in [-0.15, -0.1) is 0 Å². The monoisotopic (exact) mass is 439 g/mol. The minimum Gasteiger partial charge on any atom is -0.493 e. The van der Waals surface area contributed by atoms with Crippen molar-refractivity contribution in [1.29, 1.82) is 0 Å². The molecule has 176 valence electrons. The normalized spacial score (nSPS) is 19.5. The van der Waals surface area contributed by atoms with E-state index in [2.05, 4.69) is 41.4 Å². The summed E-state index contributed by atoms with van der Waals surface area (Å²) in [4.78, 5) is 15.5. The largest absolute Gasteiger partial charge is 0.493 e. The third-order valence-electron chi connectivity index (χ3n) is 6.29. The number of carbonyl (C=O) groups is 1. The lowest BCUT2D eigenvalue weighted by Crippen LogP contribution is -2.34. The lowest BCUT2D eigenvalue weighted by molar-refractivity contribution is 0.0900. The zero-order chi connectivity index (χ0) is 23.3. The summed E-state index contributed by atoms with van der Waals surface area (Å²) in [5.74, 6) is 2.38. The van der Waals surface area contributed by atoms with Crippen LogP contribution in [0.5, 0.6) is 11.5 Å². The smallest absolute Gasteiger partial charge is 0.166 e. The maximum absolute atomic E-state index is 12.9. The fourth-order valence-corrected chi connectivity index (χ4v) is 4.56. The molecule has 1 unspecified atom stereocenters. The first-order valence-corrected chi connectivity index (χ1v) is 12.1. The van der Waals surface area contributed by atoms with Crippen LogP contribution in [0.1, 0.15) is 62.4 Å². The number of allylic oxidation sites excluding steroid dienone is 5. The van der Waals surface area contributed by atoms with Crippen LogP contribution >= 0.6 is 0 Å². The Labute approximate surface area is 195 Å². The highest BCUT2D eigenvalue weighted by molar-refractivity contribution is 6.02. The number of hydrogen-bond acceptors (Lipinski definition) is 4. The van der Waals surface area contributed by atoms with Crippen LogP contribution in [0, 0.1) is 11.8 Å². The van der Waals surface area contributed by atoms with Crippen molar-refractivity contribution in [3.05, 3.63) is 59.7 Å². The Morgan fingerprint density at radius 3 is 2.31 bits per heavy atom. The van der Waals surface area contributed by atoms with E-state index in [1.54, 1.807) is 14.2 Å². The molecular formula is C28H41NO3. The van der Waals surface area contributed by atoms with Crippen LogP contribution in [0.15, 0.2) is 48.6 Å². The SMILES string of the molecule is C/C=C\CC=C/C=C/CN1CCC(CC2Cc3cc(OC)c(OC)cc3C2=O)CC1.CC. The Kier molecular flexibility index (Phi) is 11.3. The Morgan fingerprint density at radius 1 is 1.00 bits per heavy atom. The molecule has 1 fully saturated rings. The van der Waals surface area contributed by atoms with Gasteiger partial charge in [-0.05, 0) is 75.7 Å². The minimum atomic E-state index is 0.107. The number of nitrogens with zero attached hydrogens (tertiary/aromatic N) is 1. The molecule has 1 heterocycles. The average molecular weight is 440 g/mol. The van der Waals surface area contributed by atoms with Crippen LogP contribution in [-0.2, 0) is 6.42 Å². The molecule has 1 aliphatic carbocycles. The van der Waals surface area contributed by atoms with Crippen molar-refractivity contribution in [2.75, 3.05) is 33.9 Å². The highest BCUT2D eigenvalue weighted by atomic mass is 16.5. The topological polar surface area (TPSA) is 38.8 Å². The first-order valence-electron chi connectivity index (χ1n) is 12.1. The Morgan fingerprint density at radius 2 is 1.66 bits per heavy atom. The Hall–Kier alpha value is -2.33. The van der Waals surface area contributed by atoms with Crippen LogP contribution in [-0.4, -0.2) is 44.5 Å². The molecule has 1 atom stereocenters. The van der Waals surface area contributed by atoms with Crippen LogP contribution < -0.4 is 9.47 Å². The van der Waals surface area contributed by atoms with E-state index in [1.165, 1.54) is 12.8 Å². The molecule has 4 nitrogen and oxygen atoms in total. The van der Waals surface area contributed by atoms with Crippen molar-refractivity contribution in [2.45, 2.75) is 52.9 Å². The molecule has 0 aromatic heterocycles. The van der Waals surface area contributed by atoms with E-state index in [0.29, 0.717) is 17.4 Å². The summed E-state index contributed by atoms with van der Waals surface area (Å²) in [6.07, 6.45) is 18.1. The summed E-state index contributed by atoms with van der Waals surface area (Å²) in [6.45, 7) is 9.29. The van der Waals surface area contributed by atoms with Crippen molar-refractivity contribution in [1.82, 2.24) is 4.90 Å². The molecule has 1 aromatic rings. The van der Waals surface area contributed by atoms with Crippen molar-refractivity contribution in [3.8, 4) is 11.5 Å². The van der Waals surface area contributed by atoms with Gasteiger partial charge in [0.25, 0.3) is 0 Å². The van der Waals surface area contributed by atoms with Gasteiger partial charge in [-0.25, -0.2) is 0 Å². The van der Waals surface area contributed by atoms with E-state index in [1.807, 2.05) is 32.9 Å². The second-order valence-corrected chi connectivity index (χ2v) is 8.27. The molecule has 0 bridgehead atoms. The maximum atomic E-state index is 12.9. The zero-order valence-electron chi connectivity index (χ0n) is 20.6. The van der Waals surface area contributed by atoms with E-state index < -0.39 is 0 Å². The van der Waals surface area contributed by atoms with Gasteiger partial charge in [0.05, 0.1) is 14.2 Å². The van der Waals surface area contributed by atoms with Gasteiger partial charge in [0, 0.05) is 18.0 Å². The van der Waals surface area contributed by atoms with Crippen molar-refractivity contribution in [3.63, 3.8) is 0 Å². The molecule has 1 saturated heterocycles. The van der Waals surface area contributed by atoms with Gasteiger partial charge in [-0.2, -0.15) is 0 Å². The summed E-state index contributed by atoms with van der Waals surface area (Å²) < 4.78 is 10.8. The first-order chi connectivity index (χ1) is 15.7. The average Bonchev–Trinajstić information content (AvgIpc) is 3.14. The Bertz CT molecular complexity index is 801. The van der Waals surface area contributed by atoms with Gasteiger partial charge in [0.1, 0.15) is 0 Å². The summed E-state index contributed by atoms with van der Waals surface area (Å²) in [6, 6.07) is 3.84. The number of methoxy groups -OCH3 is 2. The molecule has 2 aliphatic rings. The number of carbonyl (C=O) groups excluding carboxylic acids is 1. The highest BCUT2D eigenvalue weighted by Gasteiger charge is 2.34. The van der Waals surface area contributed by atoms with Crippen molar-refractivity contribution in [2.24, 2.45) is 11.8 Å². The predicted molar refractivity (Wildman–Crippen MR) is 134 cm³/mol. The fraction of sp³-hybridized carbons (Fsp3) is 0.536. The lowest BCUT2D eigenvalue weighted by Gasteiger charge is -2.32. The predicted octanol–water partition coefficient (Wildman–Crippen LogP) is 6.27. The lowest BCUT2D eigenvalue weighted by atomic mass is 9.85. The number of likely N-dealkylation sites (tertiary alicyclic amines) is 1. The molecular weight excluding hydrogens is 398 g/mol. The minimum absolute atomic E-state index is 0.107. The number of benzene rings is 1. The summed E-state index contributed by atoms with van der Waals surface area (Å²) in [5, 5.41) is 0. The fourth-order valence-electron chi connectivity index (χ4n) is 4.56. The number of rotatable bonds is 9. The van der Waals surface area contributed by atoms with Crippen LogP contribution in [0.2, 0.25) is 0 Å². The standard InChI is InChI=1S/C26H35NO3.C2H6/c1-4-5-6-7-8-9-10-13-27-14-11-20(12-15-27)16-22-17-21-18-24(29-2)25(30-3)19-23(21)26(22)28;1-2/h4-5,7-10,18-20,22H,6,11-17H2,1-3H3;1-2H3/b5-4-,8-7?,10-9+;. The molecule has 0 amide bonds. The summed E-state index contributed by atoms with van der Waals surface area (Å²) in [5.41, 5.74) is 1.93. The number of hydrogen-bond donors (Lipinski definition) is 0. The number of fused-ring (bicyclic) bond motifs is 1. The molecule has 0 spiro atoms. The first kappa shape index (κ1) is 25.9. The Balaban J connectivity index is 0.00000176. The second kappa shape index (κ2) is 13.9. The van der Waals surface area contributed by atoms with Gasteiger partial charge in [0.15, 0.2) is 17.3 Å². The van der Waals surface area contributed by atoms with E-state index >= 15 is 0 Å². The van der Waals surface area contributed by atoms with E-state index in [-0.39, 0.29) is 11.7 Å². The molecule has 0 saturated carbocycles. The zero-order valence-corrected chi connectivity index (χ0v) is 20.6. The van der Waals surface area contributed by atoms with E-state index in [0.717, 1.165) is 50.0 Å². The van der Waals surface area contributed by atoms with Crippen LogP contribution in [0.25, 0.3) is 0 Å². The second-order valence-electron chi connectivity index (χ2n) is 8.27. The van der Waals surface area contributed by atoms with Crippen LogP contribution in [0.3, 0.4) is 0 Å². The van der Waals surface area contributed by atoms with Gasteiger partial charge in [-0.3, -0.25) is 9.69 Å². The van der Waals surface area contributed by atoms with Crippen molar-refractivity contribution >= 4 is 5.78 Å². The molecule has 0 radical (unpaired) electrons. The molecule has 1 aliphatic heterocycles. The van der Waals surface area contributed by atoms with Crippen LogP contribution in [0.4, 0.5) is 0 Å². The van der Waals surface area contributed by atoms with E-state index in [9.17, 15) is 4.79 Å². The number of piperidine rings is 1. The van der Waals surface area contributed by atoms with E-state index in [4.69, 9.17) is 9.47 Å². The van der Waals surface area contributed by atoms with Gasteiger partial charge in [0.2, 0.25) is 0 Å². The maximum Gasteiger partial charge on any atom is 0.166 e. The number of ether oxygens (including phenoxy) is 2. The number of Topliss-reactive ketones (excluding diaryl/α,β-unsaturated/α-hetero) is 1.